The molecule has 12 heteroatoms. The molecule has 77 heavy (non-hydrogen) atoms. The summed E-state index contributed by atoms with van der Waals surface area (Å²) in [7, 11) is 0. The molecule has 12 nitrogen and oxygen atoms in total. The minimum atomic E-state index is -0.277. The molecule has 4 aliphatic heterocycles. The number of allylic oxidation sites excluding steroid dienone is 4. The number of carbonyl (C=O) groups excluding carboxylic acids is 3. The first-order valence-corrected chi connectivity index (χ1v) is 28.5. The Kier molecular flexibility index (Phi) is 20.4. The number of ether oxygens (including phenoxy) is 2. The van der Waals surface area contributed by atoms with Crippen LogP contribution < -0.4 is 5.32 Å². The smallest absolute Gasteiger partial charge is 0.226 e. The van der Waals surface area contributed by atoms with E-state index < -0.39 is 0 Å². The van der Waals surface area contributed by atoms with Gasteiger partial charge >= 0.3 is 0 Å². The summed E-state index contributed by atoms with van der Waals surface area (Å²) in [6, 6.07) is 14.6. The van der Waals surface area contributed by atoms with E-state index in [1.54, 1.807) is 6.92 Å². The van der Waals surface area contributed by atoms with Crippen LogP contribution in [0.15, 0.2) is 118 Å². The van der Waals surface area contributed by atoms with Crippen molar-refractivity contribution in [3.05, 3.63) is 130 Å². The molecular weight excluding hydrogens is 959 g/mol. The van der Waals surface area contributed by atoms with Crippen molar-refractivity contribution in [2.45, 2.75) is 156 Å². The summed E-state index contributed by atoms with van der Waals surface area (Å²) in [4.78, 5) is 58.6. The predicted molar refractivity (Wildman–Crippen MR) is 314 cm³/mol. The summed E-state index contributed by atoms with van der Waals surface area (Å²) >= 11 is 0. The van der Waals surface area contributed by atoms with E-state index in [0.29, 0.717) is 62.1 Å². The number of nitrogens with zero attached hydrogens (tertiary/aromatic N) is 6. The van der Waals surface area contributed by atoms with Gasteiger partial charge in [-0.25, -0.2) is 4.99 Å². The third kappa shape index (κ3) is 16.3. The summed E-state index contributed by atoms with van der Waals surface area (Å²) in [6.45, 7) is 38.3. The molecule has 0 spiro atoms. The van der Waals surface area contributed by atoms with E-state index in [-0.39, 0.29) is 40.9 Å². The molecule has 1 saturated carbocycles. The van der Waals surface area contributed by atoms with Gasteiger partial charge in [0.25, 0.3) is 0 Å². The molecule has 5 aliphatic rings. The second-order valence-electron chi connectivity index (χ2n) is 23.4. The average Bonchev–Trinajstić information content (AvgIpc) is 4.20. The zero-order chi connectivity index (χ0) is 55.4. The molecule has 3 saturated heterocycles. The first-order valence-electron chi connectivity index (χ1n) is 28.5. The first-order chi connectivity index (χ1) is 36.8. The Morgan fingerprint density at radius 1 is 0.948 bits per heavy atom. The van der Waals surface area contributed by atoms with Gasteiger partial charge in [-0.15, -0.1) is 11.5 Å². The molecule has 0 bridgehead atoms. The number of benzene rings is 2. The third-order valence-electron chi connectivity index (χ3n) is 16.4. The second-order valence-corrected chi connectivity index (χ2v) is 23.4. The number of Topliss-reactive ketones (excluding diaryl/α,β-unsaturated/α-hetero) is 2. The van der Waals surface area contributed by atoms with Crippen LogP contribution >= 0.6 is 0 Å². The van der Waals surface area contributed by atoms with Gasteiger partial charge in [-0.2, -0.15) is 0 Å². The van der Waals surface area contributed by atoms with Gasteiger partial charge in [0.2, 0.25) is 11.8 Å². The number of likely N-dealkylation sites (tertiary alicyclic amines) is 3. The molecule has 2 atom stereocenters. The fourth-order valence-corrected chi connectivity index (χ4v) is 11.7. The van der Waals surface area contributed by atoms with Crippen LogP contribution in [0.3, 0.4) is 0 Å². The van der Waals surface area contributed by atoms with Crippen LogP contribution in [0, 0.1) is 11.8 Å². The average molecular weight is 1050 g/mol. The van der Waals surface area contributed by atoms with E-state index in [4.69, 9.17) is 14.5 Å². The Bertz CT molecular complexity index is 2690. The van der Waals surface area contributed by atoms with Crippen LogP contribution in [-0.4, -0.2) is 132 Å². The van der Waals surface area contributed by atoms with Crippen LogP contribution in [0.4, 0.5) is 5.69 Å². The molecule has 7 rings (SSSR count). The molecule has 4 heterocycles. The Labute approximate surface area is 461 Å². The number of anilines is 1. The molecule has 0 radical (unpaired) electrons. The first kappa shape index (κ1) is 58.8. The van der Waals surface area contributed by atoms with Crippen molar-refractivity contribution >= 4 is 40.7 Å². The Morgan fingerprint density at radius 3 is 2.30 bits per heavy atom. The third-order valence-corrected chi connectivity index (χ3v) is 16.4. The highest BCUT2D eigenvalue weighted by Crippen LogP contribution is 2.46. The van der Waals surface area contributed by atoms with Crippen LogP contribution in [0.5, 0.6) is 0 Å². The summed E-state index contributed by atoms with van der Waals surface area (Å²) < 4.78 is 12.6. The van der Waals surface area contributed by atoms with Gasteiger partial charge in [-0.1, -0.05) is 43.5 Å². The maximum Gasteiger partial charge on any atom is 0.226 e. The minimum absolute atomic E-state index is 0.0553. The predicted octanol–water partition coefficient (Wildman–Crippen LogP) is 12.1. The van der Waals surface area contributed by atoms with Gasteiger partial charge in [0.15, 0.2) is 5.78 Å². The lowest BCUT2D eigenvalue weighted by atomic mass is 9.83. The molecular formula is C65H89N7O5. The number of nitrogens with one attached hydrogen (secondary N) is 1. The van der Waals surface area contributed by atoms with Gasteiger partial charge in [0.05, 0.1) is 36.2 Å². The van der Waals surface area contributed by atoms with E-state index in [0.717, 1.165) is 137 Å². The number of piperidine rings is 3. The van der Waals surface area contributed by atoms with E-state index in [1.807, 2.05) is 26.1 Å². The lowest BCUT2D eigenvalue weighted by molar-refractivity contribution is -0.153. The zero-order valence-corrected chi connectivity index (χ0v) is 48.2. The Hall–Kier alpha value is -5.87. The molecule has 1 amide bonds. The number of carbonyl (C=O) groups is 3. The van der Waals surface area contributed by atoms with Gasteiger partial charge in [0.1, 0.15) is 24.3 Å². The number of rotatable bonds is 19. The SMILES string of the molecule is C=C=C(C)c1cc(C2CCN(CC3CCN(C(=O)Cc4ccc(NC(C)/N=C5/CN(C6=C(\C)CN(C7(OC(C)(C)C)CC7)CCOC(=C)/N=C\6)CC/C5=C/C)cc4)CC3)CC2)ccc1C(=O)CC(CCC(C)=O)C(C)=C=C. The van der Waals surface area contributed by atoms with Crippen molar-refractivity contribution in [3.63, 3.8) is 0 Å². The normalized spacial score (nSPS) is 22.4. The lowest BCUT2D eigenvalue weighted by Crippen LogP contribution is -2.47. The van der Waals surface area contributed by atoms with Crippen LogP contribution in [0.1, 0.15) is 159 Å². The fraction of sp³-hybridized carbons (Fsp3) is 0.554. The summed E-state index contributed by atoms with van der Waals surface area (Å²) in [5.41, 5.74) is 16.7. The van der Waals surface area contributed by atoms with Gasteiger partial charge < -0.3 is 34.3 Å². The zero-order valence-electron chi connectivity index (χ0n) is 48.2. The number of hydrogen-bond acceptors (Lipinski definition) is 11. The molecule has 1 aliphatic carbocycles. The Balaban J connectivity index is 0.872. The highest BCUT2D eigenvalue weighted by atomic mass is 16.5. The molecule has 0 aromatic heterocycles. The van der Waals surface area contributed by atoms with Crippen LogP contribution in [0.2, 0.25) is 0 Å². The highest BCUT2D eigenvalue weighted by Gasteiger charge is 2.51. The lowest BCUT2D eigenvalue weighted by Gasteiger charge is -2.38. The van der Waals surface area contributed by atoms with E-state index in [1.165, 1.54) is 16.7 Å². The maximum atomic E-state index is 13.8. The van der Waals surface area contributed by atoms with E-state index in [9.17, 15) is 14.4 Å². The van der Waals surface area contributed by atoms with Crippen molar-refractivity contribution in [2.24, 2.45) is 21.8 Å². The number of aliphatic imine (C=N–C) groups is 2. The van der Waals surface area contributed by atoms with Crippen molar-refractivity contribution < 1.29 is 23.9 Å². The van der Waals surface area contributed by atoms with Crippen LogP contribution in [0.25, 0.3) is 5.57 Å². The summed E-state index contributed by atoms with van der Waals surface area (Å²) in [5, 5.41) is 3.60. The summed E-state index contributed by atoms with van der Waals surface area (Å²) in [6.07, 6.45) is 12.8. The fourth-order valence-electron chi connectivity index (χ4n) is 11.7. The molecule has 4 fully saturated rings. The molecule has 2 aromatic carbocycles. The van der Waals surface area contributed by atoms with E-state index >= 15 is 0 Å². The van der Waals surface area contributed by atoms with Crippen molar-refractivity contribution in [1.29, 1.82) is 0 Å². The van der Waals surface area contributed by atoms with E-state index in [2.05, 4.69) is 145 Å². The largest absolute Gasteiger partial charge is 0.477 e. The second kappa shape index (κ2) is 26.7. The monoisotopic (exact) mass is 1050 g/mol. The quantitative estimate of drug-likeness (QED) is 0.108. The minimum Gasteiger partial charge on any atom is -0.477 e. The molecule has 2 unspecified atom stereocenters. The molecule has 1 N–H and O–H groups in total. The maximum absolute atomic E-state index is 13.8. The molecule has 414 valence electrons. The Morgan fingerprint density at radius 2 is 1.66 bits per heavy atom. The van der Waals surface area contributed by atoms with Gasteiger partial charge in [-0.05, 0) is 208 Å². The number of ketones is 2. The summed E-state index contributed by atoms with van der Waals surface area (Å²) in [5.74, 6) is 1.70. The number of amides is 1. The van der Waals surface area contributed by atoms with Crippen molar-refractivity contribution in [2.75, 3.05) is 70.8 Å². The number of hydrogen-bond donors (Lipinski definition) is 1. The van der Waals surface area contributed by atoms with Crippen molar-refractivity contribution in [3.8, 4) is 0 Å². The van der Waals surface area contributed by atoms with Gasteiger partial charge in [0, 0.05) is 63.4 Å². The highest BCUT2D eigenvalue weighted by molar-refractivity contribution is 6.03. The van der Waals surface area contributed by atoms with Crippen molar-refractivity contribution in [1.82, 2.24) is 19.6 Å². The van der Waals surface area contributed by atoms with Crippen LogP contribution in [-0.2, 0) is 25.5 Å². The topological polar surface area (TPSA) is 119 Å². The standard InChI is InChI=1S/C65H89N7O5/c1-13-45(4)55(19-16-48(7)73)40-62(74)58-23-20-56(39-59(58)46(5)14-2)54-26-31-69(32-27-54)43-52-24-33-70(34-25-52)63(75)38-51-17-21-57(22-18-51)67-49(8)68-60-44-71(35-28-53(60)15-3)61-41-66-50(9)76-37-36-72(42-47(61)6)65(29-30-65)77-64(10,11)12/h15,17-18,20-23,39,41,49,52,54-55,67H,1-2,9,16,19,24-38,40,42-44H2,3-8,10-12H3/b53-15-,61-47+,66-41-,68-60-. The van der Waals surface area contributed by atoms with Gasteiger partial charge in [-0.3, -0.25) is 19.5 Å². The molecule has 2 aromatic rings.